The SMILES string of the molecule is O=C(CNCc1ccc(C(=O)NC23CC4CC(CC(O)(C4)C2)C3)cc1)c1cccc(F)c1. The molecule has 0 radical (unpaired) electrons. The van der Waals surface area contributed by atoms with Gasteiger partial charge in [0.05, 0.1) is 12.1 Å². The van der Waals surface area contributed by atoms with Crippen LogP contribution in [-0.2, 0) is 6.54 Å². The number of aliphatic hydroxyl groups is 1. The van der Waals surface area contributed by atoms with Crippen LogP contribution in [0.25, 0.3) is 0 Å². The summed E-state index contributed by atoms with van der Waals surface area (Å²) in [5.74, 6) is 0.358. The van der Waals surface area contributed by atoms with Crippen molar-refractivity contribution >= 4 is 11.7 Å². The summed E-state index contributed by atoms with van der Waals surface area (Å²) in [6.45, 7) is 0.586. The van der Waals surface area contributed by atoms with Crippen molar-refractivity contribution in [1.29, 1.82) is 0 Å². The van der Waals surface area contributed by atoms with Gasteiger partial charge in [-0.25, -0.2) is 4.39 Å². The standard InChI is InChI=1S/C26H29FN2O3/c27-22-3-1-2-21(9-22)23(30)15-28-14-17-4-6-20(7-5-17)24(31)29-25-10-18-8-19(11-25)13-26(32,12-18)16-25/h1-7,9,18-19,28,32H,8,10-16H2,(H,29,31). The molecule has 0 aliphatic heterocycles. The monoisotopic (exact) mass is 436 g/mol. The largest absolute Gasteiger partial charge is 0.390 e. The Bertz CT molecular complexity index is 1020. The Labute approximate surface area is 187 Å². The summed E-state index contributed by atoms with van der Waals surface area (Å²) < 4.78 is 13.3. The van der Waals surface area contributed by atoms with E-state index in [4.69, 9.17) is 0 Å². The molecule has 2 aromatic rings. The van der Waals surface area contributed by atoms with Gasteiger partial charge in [0, 0.05) is 23.2 Å². The summed E-state index contributed by atoms with van der Waals surface area (Å²) in [7, 11) is 0. The summed E-state index contributed by atoms with van der Waals surface area (Å²) in [6.07, 6.45) is 5.55. The van der Waals surface area contributed by atoms with Crippen LogP contribution in [0, 0.1) is 17.7 Å². The molecule has 5 nitrogen and oxygen atoms in total. The van der Waals surface area contributed by atoms with Gasteiger partial charge in [0.15, 0.2) is 5.78 Å². The van der Waals surface area contributed by atoms with E-state index in [-0.39, 0.29) is 23.8 Å². The van der Waals surface area contributed by atoms with E-state index in [9.17, 15) is 19.1 Å². The zero-order chi connectivity index (χ0) is 22.3. The molecule has 2 atom stereocenters. The maximum absolute atomic E-state index is 13.3. The average Bonchev–Trinajstić information content (AvgIpc) is 2.72. The molecule has 168 valence electrons. The van der Waals surface area contributed by atoms with E-state index in [0.29, 0.717) is 35.9 Å². The maximum Gasteiger partial charge on any atom is 0.251 e. The fourth-order valence-corrected chi connectivity index (χ4v) is 6.53. The highest BCUT2D eigenvalue weighted by Gasteiger charge is 2.57. The van der Waals surface area contributed by atoms with Crippen LogP contribution in [0.5, 0.6) is 0 Å². The second kappa shape index (κ2) is 8.09. The third-order valence-corrected chi connectivity index (χ3v) is 7.39. The van der Waals surface area contributed by atoms with Crippen molar-refractivity contribution < 1.29 is 19.1 Å². The number of hydrogen-bond donors (Lipinski definition) is 3. The van der Waals surface area contributed by atoms with Gasteiger partial charge in [-0.05, 0) is 80.2 Å². The Morgan fingerprint density at radius 2 is 1.72 bits per heavy atom. The molecule has 4 saturated carbocycles. The Hall–Kier alpha value is -2.57. The molecule has 4 aliphatic rings. The van der Waals surface area contributed by atoms with E-state index < -0.39 is 11.4 Å². The predicted octanol–water partition coefficient (Wildman–Crippen LogP) is 3.61. The van der Waals surface area contributed by atoms with Gasteiger partial charge < -0.3 is 15.7 Å². The molecule has 1 amide bonds. The van der Waals surface area contributed by atoms with Gasteiger partial charge in [0.1, 0.15) is 5.82 Å². The number of carbonyl (C=O) groups excluding carboxylic acids is 2. The second-order valence-electron chi connectivity index (χ2n) is 10.2. The fraction of sp³-hybridized carbons (Fsp3) is 0.462. The summed E-state index contributed by atoms with van der Waals surface area (Å²) in [5.41, 5.74) is 1.03. The van der Waals surface area contributed by atoms with Crippen molar-refractivity contribution in [3.63, 3.8) is 0 Å². The van der Waals surface area contributed by atoms with Crippen LogP contribution in [0.1, 0.15) is 64.8 Å². The average molecular weight is 437 g/mol. The predicted molar refractivity (Wildman–Crippen MR) is 119 cm³/mol. The minimum atomic E-state index is -0.601. The van der Waals surface area contributed by atoms with Crippen LogP contribution < -0.4 is 10.6 Å². The number of amides is 1. The van der Waals surface area contributed by atoms with Crippen molar-refractivity contribution in [2.24, 2.45) is 11.8 Å². The highest BCUT2D eigenvalue weighted by molar-refractivity contribution is 5.97. The van der Waals surface area contributed by atoms with Crippen LogP contribution >= 0.6 is 0 Å². The van der Waals surface area contributed by atoms with Gasteiger partial charge in [0.2, 0.25) is 0 Å². The van der Waals surface area contributed by atoms with E-state index in [1.54, 1.807) is 18.2 Å². The van der Waals surface area contributed by atoms with Gasteiger partial charge in [-0.1, -0.05) is 24.3 Å². The molecule has 4 bridgehead atoms. The molecule has 2 aromatic carbocycles. The van der Waals surface area contributed by atoms with E-state index in [1.807, 2.05) is 12.1 Å². The molecule has 3 N–H and O–H groups in total. The Morgan fingerprint density at radius 3 is 2.38 bits per heavy atom. The minimum Gasteiger partial charge on any atom is -0.390 e. The lowest BCUT2D eigenvalue weighted by atomic mass is 9.51. The molecule has 0 heterocycles. The number of carbonyl (C=O) groups is 2. The Balaban J connectivity index is 1.15. The van der Waals surface area contributed by atoms with E-state index in [0.717, 1.165) is 31.2 Å². The summed E-state index contributed by atoms with van der Waals surface area (Å²) >= 11 is 0. The first-order valence-electron chi connectivity index (χ1n) is 11.4. The first-order valence-corrected chi connectivity index (χ1v) is 11.4. The highest BCUT2D eigenvalue weighted by Crippen LogP contribution is 2.57. The van der Waals surface area contributed by atoms with E-state index in [1.165, 1.54) is 24.6 Å². The van der Waals surface area contributed by atoms with Crippen molar-refractivity contribution in [1.82, 2.24) is 10.6 Å². The zero-order valence-corrected chi connectivity index (χ0v) is 18.1. The van der Waals surface area contributed by atoms with Gasteiger partial charge in [-0.2, -0.15) is 0 Å². The zero-order valence-electron chi connectivity index (χ0n) is 18.1. The third-order valence-electron chi connectivity index (χ3n) is 7.39. The van der Waals surface area contributed by atoms with Crippen molar-refractivity contribution in [2.45, 2.75) is 56.2 Å². The molecule has 6 heteroatoms. The number of rotatable bonds is 7. The maximum atomic E-state index is 13.3. The molecular formula is C26H29FN2O3. The Morgan fingerprint density at radius 1 is 1.00 bits per heavy atom. The molecule has 4 fully saturated rings. The molecule has 2 unspecified atom stereocenters. The normalized spacial score (nSPS) is 30.3. The molecule has 0 saturated heterocycles. The highest BCUT2D eigenvalue weighted by atomic mass is 19.1. The molecule has 0 aromatic heterocycles. The summed E-state index contributed by atoms with van der Waals surface area (Å²) in [6, 6.07) is 13.0. The van der Waals surface area contributed by atoms with Gasteiger partial charge in [0.25, 0.3) is 5.91 Å². The number of halogens is 1. The lowest BCUT2D eigenvalue weighted by Crippen LogP contribution is -2.65. The number of hydrogen-bond acceptors (Lipinski definition) is 4. The first kappa shape index (κ1) is 21.3. The number of ketones is 1. The van der Waals surface area contributed by atoms with Crippen molar-refractivity contribution in [3.8, 4) is 0 Å². The molecule has 4 aliphatic carbocycles. The molecular weight excluding hydrogens is 407 g/mol. The van der Waals surface area contributed by atoms with Crippen molar-refractivity contribution in [2.75, 3.05) is 6.54 Å². The number of Topliss-reactive ketones (excluding diaryl/α,β-unsaturated/α-hetero) is 1. The van der Waals surface area contributed by atoms with Gasteiger partial charge in [-0.15, -0.1) is 0 Å². The van der Waals surface area contributed by atoms with Crippen LogP contribution in [-0.4, -0.2) is 34.5 Å². The van der Waals surface area contributed by atoms with Crippen LogP contribution in [0.15, 0.2) is 48.5 Å². The lowest BCUT2D eigenvalue weighted by Gasteiger charge is -2.60. The lowest BCUT2D eigenvalue weighted by molar-refractivity contribution is -0.139. The first-order chi connectivity index (χ1) is 15.3. The quantitative estimate of drug-likeness (QED) is 0.580. The van der Waals surface area contributed by atoms with E-state index >= 15 is 0 Å². The van der Waals surface area contributed by atoms with Crippen LogP contribution in [0.4, 0.5) is 4.39 Å². The second-order valence-corrected chi connectivity index (χ2v) is 10.2. The van der Waals surface area contributed by atoms with Crippen molar-refractivity contribution in [3.05, 3.63) is 71.0 Å². The van der Waals surface area contributed by atoms with Crippen LogP contribution in [0.2, 0.25) is 0 Å². The third kappa shape index (κ3) is 4.34. The summed E-state index contributed by atoms with van der Waals surface area (Å²) in [5, 5.41) is 17.2. The molecule has 32 heavy (non-hydrogen) atoms. The molecule has 0 spiro atoms. The molecule has 6 rings (SSSR count). The van der Waals surface area contributed by atoms with E-state index in [2.05, 4.69) is 10.6 Å². The van der Waals surface area contributed by atoms with Crippen LogP contribution in [0.3, 0.4) is 0 Å². The summed E-state index contributed by atoms with van der Waals surface area (Å²) in [4.78, 5) is 25.1. The number of nitrogens with one attached hydrogen (secondary N) is 2. The Kier molecular flexibility index (Phi) is 5.38. The van der Waals surface area contributed by atoms with Gasteiger partial charge in [-0.3, -0.25) is 9.59 Å². The fourth-order valence-electron chi connectivity index (χ4n) is 6.53. The van der Waals surface area contributed by atoms with Gasteiger partial charge >= 0.3 is 0 Å². The minimum absolute atomic E-state index is 0.0867. The smallest absolute Gasteiger partial charge is 0.251 e. The number of benzene rings is 2. The topological polar surface area (TPSA) is 78.4 Å².